The summed E-state index contributed by atoms with van der Waals surface area (Å²) in [5.74, 6) is -0.373. The third kappa shape index (κ3) is 5.08. The highest BCUT2D eigenvalue weighted by molar-refractivity contribution is 5.66. The lowest BCUT2D eigenvalue weighted by atomic mass is 10.4. The van der Waals surface area contributed by atoms with Gasteiger partial charge in [-0.15, -0.1) is 0 Å². The number of carbonyl (C=O) groups excluding carboxylic acids is 2. The predicted molar refractivity (Wildman–Crippen MR) is 33.2 cm³/mol. The molecule has 0 bridgehead atoms. The zero-order valence-electron chi connectivity index (χ0n) is 5.99. The van der Waals surface area contributed by atoms with Gasteiger partial charge in [-0.3, -0.25) is 9.59 Å². The molecular formula is C6H10O4. The number of carbonyl (C=O) groups is 2. The Morgan fingerprint density at radius 2 is 2.30 bits per heavy atom. The molecule has 1 atom stereocenters. The molecule has 0 aromatic carbocycles. The standard InChI is InChI=1S/C6H10O4/c1-5(3-9-4-7)10-6(2)8/h4-5H,3H2,1-2H3. The van der Waals surface area contributed by atoms with E-state index in [-0.39, 0.29) is 18.7 Å². The van der Waals surface area contributed by atoms with Crippen LogP contribution in [-0.2, 0) is 19.1 Å². The molecule has 0 aliphatic rings. The van der Waals surface area contributed by atoms with Crippen molar-refractivity contribution >= 4 is 12.4 Å². The molecular weight excluding hydrogens is 136 g/mol. The molecule has 1 unspecified atom stereocenters. The minimum absolute atomic E-state index is 0.114. The van der Waals surface area contributed by atoms with Gasteiger partial charge in [0.25, 0.3) is 6.47 Å². The fraction of sp³-hybridized carbons (Fsp3) is 0.667. The molecule has 0 aromatic rings. The van der Waals surface area contributed by atoms with E-state index in [0.29, 0.717) is 6.47 Å². The van der Waals surface area contributed by atoms with Crippen LogP contribution < -0.4 is 0 Å². The quantitative estimate of drug-likeness (QED) is 0.417. The first-order chi connectivity index (χ1) is 4.66. The Kier molecular flexibility index (Phi) is 4.28. The Hall–Kier alpha value is -1.06. The third-order valence-corrected chi connectivity index (χ3v) is 0.766. The fourth-order valence-corrected chi connectivity index (χ4v) is 0.492. The zero-order chi connectivity index (χ0) is 7.98. The van der Waals surface area contributed by atoms with Gasteiger partial charge in [-0.2, -0.15) is 0 Å². The van der Waals surface area contributed by atoms with Crippen molar-refractivity contribution < 1.29 is 19.1 Å². The molecule has 0 aromatic heterocycles. The number of ether oxygens (including phenoxy) is 2. The first-order valence-corrected chi connectivity index (χ1v) is 2.89. The first kappa shape index (κ1) is 8.94. The fourth-order valence-electron chi connectivity index (χ4n) is 0.492. The van der Waals surface area contributed by atoms with E-state index < -0.39 is 0 Å². The monoisotopic (exact) mass is 146 g/mol. The molecule has 0 rings (SSSR count). The Balaban J connectivity index is 3.33. The number of rotatable bonds is 4. The van der Waals surface area contributed by atoms with Gasteiger partial charge in [0.15, 0.2) is 0 Å². The summed E-state index contributed by atoms with van der Waals surface area (Å²) in [4.78, 5) is 19.9. The van der Waals surface area contributed by atoms with Gasteiger partial charge >= 0.3 is 5.97 Å². The minimum atomic E-state index is -0.373. The van der Waals surface area contributed by atoms with E-state index in [1.165, 1.54) is 6.92 Å². The number of hydrogen-bond donors (Lipinski definition) is 0. The van der Waals surface area contributed by atoms with Crippen molar-refractivity contribution in [1.82, 2.24) is 0 Å². The maximum atomic E-state index is 10.3. The van der Waals surface area contributed by atoms with E-state index in [1.54, 1.807) is 6.92 Å². The molecule has 0 aliphatic heterocycles. The summed E-state index contributed by atoms with van der Waals surface area (Å²) in [5.41, 5.74) is 0. The molecule has 0 aliphatic carbocycles. The summed E-state index contributed by atoms with van der Waals surface area (Å²) in [7, 11) is 0. The van der Waals surface area contributed by atoms with Gasteiger partial charge < -0.3 is 9.47 Å². The molecule has 0 spiro atoms. The second-order valence-corrected chi connectivity index (χ2v) is 1.85. The highest BCUT2D eigenvalue weighted by Gasteiger charge is 2.03. The lowest BCUT2D eigenvalue weighted by Gasteiger charge is -2.08. The molecule has 10 heavy (non-hydrogen) atoms. The van der Waals surface area contributed by atoms with Crippen LogP contribution >= 0.6 is 0 Å². The van der Waals surface area contributed by atoms with Crippen molar-refractivity contribution in [3.8, 4) is 0 Å². The van der Waals surface area contributed by atoms with Crippen LogP contribution in [0, 0.1) is 0 Å². The largest absolute Gasteiger partial charge is 0.464 e. The summed E-state index contributed by atoms with van der Waals surface area (Å²) >= 11 is 0. The van der Waals surface area contributed by atoms with Crippen LogP contribution in [0.5, 0.6) is 0 Å². The van der Waals surface area contributed by atoms with Crippen molar-refractivity contribution in [2.45, 2.75) is 20.0 Å². The van der Waals surface area contributed by atoms with Crippen molar-refractivity contribution in [2.24, 2.45) is 0 Å². The van der Waals surface area contributed by atoms with E-state index in [1.807, 2.05) is 0 Å². The molecule has 58 valence electrons. The van der Waals surface area contributed by atoms with E-state index in [0.717, 1.165) is 0 Å². The van der Waals surface area contributed by atoms with Crippen LogP contribution in [-0.4, -0.2) is 25.2 Å². The van der Waals surface area contributed by atoms with Crippen molar-refractivity contribution in [3.63, 3.8) is 0 Å². The maximum absolute atomic E-state index is 10.3. The predicted octanol–water partition coefficient (Wildman–Crippen LogP) is 0.111. The average Bonchev–Trinajstić information content (AvgIpc) is 1.82. The lowest BCUT2D eigenvalue weighted by Crippen LogP contribution is -2.18. The summed E-state index contributed by atoms with van der Waals surface area (Å²) in [6, 6.07) is 0. The Labute approximate surface area is 59.1 Å². The van der Waals surface area contributed by atoms with Crippen molar-refractivity contribution in [3.05, 3.63) is 0 Å². The Morgan fingerprint density at radius 1 is 1.70 bits per heavy atom. The van der Waals surface area contributed by atoms with Crippen molar-refractivity contribution in [1.29, 1.82) is 0 Å². The molecule has 0 radical (unpaired) electrons. The summed E-state index contributed by atoms with van der Waals surface area (Å²) in [5, 5.41) is 0. The number of esters is 1. The third-order valence-electron chi connectivity index (χ3n) is 0.766. The molecule has 4 heteroatoms. The molecule has 0 amide bonds. The van der Waals surface area contributed by atoms with Crippen LogP contribution in [0.1, 0.15) is 13.8 Å². The van der Waals surface area contributed by atoms with E-state index in [9.17, 15) is 9.59 Å². The highest BCUT2D eigenvalue weighted by Crippen LogP contribution is 1.90. The second-order valence-electron chi connectivity index (χ2n) is 1.85. The molecule has 0 heterocycles. The second kappa shape index (κ2) is 4.78. The minimum Gasteiger partial charge on any atom is -0.464 e. The Bertz CT molecular complexity index is 121. The first-order valence-electron chi connectivity index (χ1n) is 2.89. The average molecular weight is 146 g/mol. The van der Waals surface area contributed by atoms with Gasteiger partial charge in [-0.05, 0) is 6.92 Å². The van der Waals surface area contributed by atoms with E-state index in [4.69, 9.17) is 0 Å². The van der Waals surface area contributed by atoms with E-state index >= 15 is 0 Å². The highest BCUT2D eigenvalue weighted by atomic mass is 16.6. The van der Waals surface area contributed by atoms with Gasteiger partial charge in [0.1, 0.15) is 12.7 Å². The zero-order valence-corrected chi connectivity index (χ0v) is 5.99. The van der Waals surface area contributed by atoms with Gasteiger partial charge in [0, 0.05) is 6.92 Å². The van der Waals surface area contributed by atoms with E-state index in [2.05, 4.69) is 9.47 Å². The molecule has 0 saturated heterocycles. The van der Waals surface area contributed by atoms with Crippen LogP contribution in [0.4, 0.5) is 0 Å². The normalized spacial score (nSPS) is 11.8. The van der Waals surface area contributed by atoms with Gasteiger partial charge in [-0.1, -0.05) is 0 Å². The SMILES string of the molecule is CC(=O)OC(C)COC=O. The maximum Gasteiger partial charge on any atom is 0.303 e. The number of hydrogen-bond acceptors (Lipinski definition) is 4. The smallest absolute Gasteiger partial charge is 0.303 e. The topological polar surface area (TPSA) is 52.6 Å². The van der Waals surface area contributed by atoms with Gasteiger partial charge in [0.05, 0.1) is 0 Å². The molecule has 0 saturated carbocycles. The van der Waals surface area contributed by atoms with Crippen molar-refractivity contribution in [2.75, 3.05) is 6.61 Å². The molecule has 0 N–H and O–H groups in total. The van der Waals surface area contributed by atoms with Crippen LogP contribution in [0.3, 0.4) is 0 Å². The molecule has 4 nitrogen and oxygen atoms in total. The molecule has 0 fully saturated rings. The van der Waals surface area contributed by atoms with Crippen LogP contribution in [0.15, 0.2) is 0 Å². The summed E-state index contributed by atoms with van der Waals surface area (Å²) in [6.45, 7) is 3.38. The Morgan fingerprint density at radius 3 is 2.70 bits per heavy atom. The van der Waals surface area contributed by atoms with Crippen LogP contribution in [0.2, 0.25) is 0 Å². The van der Waals surface area contributed by atoms with Crippen LogP contribution in [0.25, 0.3) is 0 Å². The van der Waals surface area contributed by atoms with Gasteiger partial charge in [0.2, 0.25) is 0 Å². The lowest BCUT2D eigenvalue weighted by molar-refractivity contribution is -0.151. The summed E-state index contributed by atoms with van der Waals surface area (Å²) in [6.07, 6.45) is -0.359. The van der Waals surface area contributed by atoms with Gasteiger partial charge in [-0.25, -0.2) is 0 Å². The summed E-state index contributed by atoms with van der Waals surface area (Å²) < 4.78 is 8.97.